The number of nitrogens with zero attached hydrogens (tertiary/aromatic N) is 5. The zero-order valence-electron chi connectivity index (χ0n) is 13.5. The second-order valence-corrected chi connectivity index (χ2v) is 8.21. The standard InChI is InChI=1S/C16H11F2I2N5O2/c17-16(18,20)9-27-15-22-5-11(6-23-15)13-1-2-14(26)25(24-13)8-10-3-12(19)7-21-4-10/h1-7H,8-9H2. The minimum absolute atomic E-state index is 0.159. The van der Waals surface area contributed by atoms with Crippen LogP contribution in [-0.2, 0) is 6.54 Å². The number of hydrogen-bond acceptors (Lipinski definition) is 6. The summed E-state index contributed by atoms with van der Waals surface area (Å²) < 4.78 is 29.7. The number of hydrogen-bond donors (Lipinski definition) is 0. The third-order valence-electron chi connectivity index (χ3n) is 3.25. The Morgan fingerprint density at radius 1 is 1.15 bits per heavy atom. The predicted octanol–water partition coefficient (Wildman–Crippen LogP) is 3.15. The summed E-state index contributed by atoms with van der Waals surface area (Å²) in [7, 11) is 0. The number of halogens is 4. The Hall–Kier alpha value is -1.77. The number of aromatic nitrogens is 5. The van der Waals surface area contributed by atoms with Gasteiger partial charge in [-0.05, 0) is 40.3 Å². The van der Waals surface area contributed by atoms with Crippen molar-refractivity contribution in [1.82, 2.24) is 24.7 Å². The molecule has 0 unspecified atom stereocenters. The smallest absolute Gasteiger partial charge is 0.329 e. The van der Waals surface area contributed by atoms with E-state index in [9.17, 15) is 13.6 Å². The molecule has 0 saturated heterocycles. The van der Waals surface area contributed by atoms with E-state index in [2.05, 4.69) is 42.6 Å². The highest BCUT2D eigenvalue weighted by atomic mass is 127. The van der Waals surface area contributed by atoms with Crippen LogP contribution in [0.5, 0.6) is 6.01 Å². The molecule has 0 aliphatic rings. The lowest BCUT2D eigenvalue weighted by atomic mass is 10.2. The van der Waals surface area contributed by atoms with E-state index >= 15 is 0 Å². The molecule has 0 bridgehead atoms. The molecule has 0 spiro atoms. The van der Waals surface area contributed by atoms with Crippen LogP contribution in [0.3, 0.4) is 0 Å². The van der Waals surface area contributed by atoms with Crippen molar-refractivity contribution in [3.63, 3.8) is 0 Å². The van der Waals surface area contributed by atoms with Crippen molar-refractivity contribution >= 4 is 45.2 Å². The first-order chi connectivity index (χ1) is 12.8. The summed E-state index contributed by atoms with van der Waals surface area (Å²) >= 11 is 3.12. The van der Waals surface area contributed by atoms with Gasteiger partial charge in [0.2, 0.25) is 0 Å². The Morgan fingerprint density at radius 2 is 1.89 bits per heavy atom. The Morgan fingerprint density at radius 3 is 2.56 bits per heavy atom. The maximum atomic E-state index is 12.8. The van der Waals surface area contributed by atoms with Gasteiger partial charge in [0.05, 0.1) is 12.2 Å². The van der Waals surface area contributed by atoms with Crippen molar-refractivity contribution in [2.24, 2.45) is 0 Å². The molecule has 27 heavy (non-hydrogen) atoms. The van der Waals surface area contributed by atoms with Gasteiger partial charge in [-0.2, -0.15) is 13.9 Å². The van der Waals surface area contributed by atoms with Gasteiger partial charge >= 0.3 is 9.94 Å². The van der Waals surface area contributed by atoms with Gasteiger partial charge < -0.3 is 4.74 Å². The van der Waals surface area contributed by atoms with Gasteiger partial charge in [-0.25, -0.2) is 14.6 Å². The Kier molecular flexibility index (Phi) is 6.29. The van der Waals surface area contributed by atoms with Gasteiger partial charge in [0.1, 0.15) is 0 Å². The molecule has 0 aliphatic heterocycles. The van der Waals surface area contributed by atoms with Crippen LogP contribution in [0.1, 0.15) is 5.56 Å². The van der Waals surface area contributed by atoms with E-state index in [1.807, 2.05) is 6.07 Å². The minimum atomic E-state index is -3.00. The number of pyridine rings is 1. The van der Waals surface area contributed by atoms with Crippen LogP contribution in [0.2, 0.25) is 0 Å². The molecular weight excluding hydrogens is 586 g/mol. The average Bonchev–Trinajstić information content (AvgIpc) is 2.62. The molecule has 0 aromatic carbocycles. The summed E-state index contributed by atoms with van der Waals surface area (Å²) in [5.74, 6) is 0. The van der Waals surface area contributed by atoms with E-state index < -0.39 is 10.5 Å². The molecule has 0 radical (unpaired) electrons. The molecule has 3 aromatic rings. The third-order valence-corrected chi connectivity index (χ3v) is 4.15. The zero-order chi connectivity index (χ0) is 19.4. The SMILES string of the molecule is O=c1ccc(-c2cnc(OCC(F)(F)I)nc2)nn1Cc1cncc(I)c1. The van der Waals surface area contributed by atoms with Gasteiger partial charge in [-0.1, -0.05) is 0 Å². The molecule has 3 rings (SSSR count). The molecule has 11 heteroatoms. The number of alkyl halides is 3. The molecule has 0 N–H and O–H groups in total. The van der Waals surface area contributed by atoms with Crippen molar-refractivity contribution in [2.75, 3.05) is 6.61 Å². The average molecular weight is 597 g/mol. The predicted molar refractivity (Wildman–Crippen MR) is 110 cm³/mol. The van der Waals surface area contributed by atoms with Crippen molar-refractivity contribution in [1.29, 1.82) is 0 Å². The van der Waals surface area contributed by atoms with Gasteiger partial charge in [0.25, 0.3) is 5.56 Å². The van der Waals surface area contributed by atoms with E-state index in [0.717, 1.165) is 31.7 Å². The summed E-state index contributed by atoms with van der Waals surface area (Å²) in [4.78, 5) is 24.0. The van der Waals surface area contributed by atoms with Gasteiger partial charge in [-0.15, -0.1) is 0 Å². The largest absolute Gasteiger partial charge is 0.456 e. The Bertz CT molecular complexity index is 993. The molecule has 140 valence electrons. The van der Waals surface area contributed by atoms with E-state index in [4.69, 9.17) is 4.74 Å². The zero-order valence-corrected chi connectivity index (χ0v) is 17.8. The highest BCUT2D eigenvalue weighted by Crippen LogP contribution is 2.23. The maximum Gasteiger partial charge on any atom is 0.329 e. The molecule has 0 saturated carbocycles. The van der Waals surface area contributed by atoms with Crippen LogP contribution >= 0.6 is 45.2 Å². The van der Waals surface area contributed by atoms with Crippen LogP contribution in [0.25, 0.3) is 11.3 Å². The lowest BCUT2D eigenvalue weighted by Crippen LogP contribution is -2.23. The summed E-state index contributed by atoms with van der Waals surface area (Å²) in [5, 5.41) is 4.31. The fourth-order valence-corrected chi connectivity index (χ4v) is 2.82. The molecule has 0 fully saturated rings. The van der Waals surface area contributed by atoms with Crippen LogP contribution in [0.15, 0.2) is 47.8 Å². The second kappa shape index (κ2) is 8.50. The topological polar surface area (TPSA) is 82.8 Å². The van der Waals surface area contributed by atoms with Crippen molar-refractivity contribution < 1.29 is 13.5 Å². The second-order valence-electron chi connectivity index (χ2n) is 5.38. The van der Waals surface area contributed by atoms with Gasteiger partial charge in [0.15, 0.2) is 6.61 Å². The normalized spacial score (nSPS) is 11.4. The lowest BCUT2D eigenvalue weighted by Gasteiger charge is -2.09. The highest BCUT2D eigenvalue weighted by molar-refractivity contribution is 14.1. The highest BCUT2D eigenvalue weighted by Gasteiger charge is 2.25. The summed E-state index contributed by atoms with van der Waals surface area (Å²) in [6, 6.07) is 4.69. The molecule has 3 aromatic heterocycles. The van der Waals surface area contributed by atoms with Crippen molar-refractivity contribution in [2.45, 2.75) is 10.5 Å². The van der Waals surface area contributed by atoms with Crippen LogP contribution in [0.4, 0.5) is 8.78 Å². The quantitative estimate of drug-likeness (QED) is 0.321. The summed E-state index contributed by atoms with van der Waals surface area (Å²) in [6.45, 7) is -0.552. The minimum Gasteiger partial charge on any atom is -0.456 e. The number of ether oxygens (including phenoxy) is 1. The molecule has 7 nitrogen and oxygen atoms in total. The van der Waals surface area contributed by atoms with Crippen LogP contribution < -0.4 is 10.3 Å². The monoisotopic (exact) mass is 597 g/mol. The Labute approximate surface area is 179 Å². The van der Waals surface area contributed by atoms with Crippen LogP contribution in [0, 0.1) is 3.57 Å². The fourth-order valence-electron chi connectivity index (χ4n) is 2.10. The van der Waals surface area contributed by atoms with E-state index in [1.54, 1.807) is 18.5 Å². The Balaban J connectivity index is 1.80. The molecule has 3 heterocycles. The first-order valence-electron chi connectivity index (χ1n) is 7.50. The van der Waals surface area contributed by atoms with E-state index in [1.165, 1.54) is 23.1 Å². The van der Waals surface area contributed by atoms with Gasteiger partial charge in [0, 0.05) is 62.6 Å². The third kappa shape index (κ3) is 5.85. The summed E-state index contributed by atoms with van der Waals surface area (Å²) in [6.07, 6.45) is 6.18. The molecule has 0 atom stereocenters. The lowest BCUT2D eigenvalue weighted by molar-refractivity contribution is 0.0603. The first-order valence-corrected chi connectivity index (χ1v) is 9.65. The summed E-state index contributed by atoms with van der Waals surface area (Å²) in [5.41, 5.74) is 1.58. The van der Waals surface area contributed by atoms with Crippen molar-refractivity contribution in [3.05, 3.63) is 62.5 Å². The van der Waals surface area contributed by atoms with Crippen LogP contribution in [-0.4, -0.2) is 35.3 Å². The van der Waals surface area contributed by atoms with E-state index in [-0.39, 0.29) is 18.1 Å². The first kappa shape index (κ1) is 20.0. The van der Waals surface area contributed by atoms with Gasteiger partial charge in [-0.3, -0.25) is 9.78 Å². The molecular formula is C16H11F2I2N5O2. The fraction of sp³-hybridized carbons (Fsp3) is 0.188. The molecule has 0 aliphatic carbocycles. The maximum absolute atomic E-state index is 12.8. The van der Waals surface area contributed by atoms with Crippen molar-refractivity contribution in [3.8, 4) is 17.3 Å². The number of rotatable bonds is 6. The van der Waals surface area contributed by atoms with E-state index in [0.29, 0.717) is 11.3 Å². The molecule has 0 amide bonds.